The second-order valence-electron chi connectivity index (χ2n) is 7.91. The number of hydrogen-bond acceptors (Lipinski definition) is 4. The van der Waals surface area contributed by atoms with Crippen molar-refractivity contribution in [3.63, 3.8) is 0 Å². The molecule has 1 amide bonds. The van der Waals surface area contributed by atoms with Crippen LogP contribution in [0.2, 0.25) is 0 Å². The minimum atomic E-state index is -0.297. The molecule has 0 bridgehead atoms. The molecule has 1 saturated heterocycles. The number of unbranched alkanes of at least 4 members (excludes halogenated alkanes) is 1. The van der Waals surface area contributed by atoms with E-state index in [2.05, 4.69) is 11.9 Å². The van der Waals surface area contributed by atoms with Crippen LogP contribution in [0.15, 0.2) is 34.2 Å². The molecule has 1 aliphatic rings. The molecule has 0 radical (unpaired) electrons. The SMILES string of the molecule is CCCCC(Sc1nc(C)c(Cc2ccc(F)cc2)c(=O)n1C)C(=O)N1CCCC1. The fraction of sp³-hybridized carbons (Fsp3) is 0.522. The average molecular weight is 432 g/mol. The number of aryl methyl sites for hydroxylation is 1. The quantitative estimate of drug-likeness (QED) is 0.467. The maximum atomic E-state index is 13.2. The Bertz CT molecular complexity index is 937. The molecule has 0 spiro atoms. The van der Waals surface area contributed by atoms with Gasteiger partial charge in [-0.2, -0.15) is 0 Å². The van der Waals surface area contributed by atoms with Crippen molar-refractivity contribution in [1.29, 1.82) is 0 Å². The maximum Gasteiger partial charge on any atom is 0.257 e. The average Bonchev–Trinajstić information content (AvgIpc) is 3.27. The first-order valence-electron chi connectivity index (χ1n) is 10.7. The molecule has 5 nitrogen and oxygen atoms in total. The Morgan fingerprint density at radius 2 is 1.90 bits per heavy atom. The van der Waals surface area contributed by atoms with Crippen molar-refractivity contribution in [1.82, 2.24) is 14.5 Å². The summed E-state index contributed by atoms with van der Waals surface area (Å²) in [5.41, 5.74) is 2.01. The lowest BCUT2D eigenvalue weighted by molar-refractivity contribution is -0.129. The topological polar surface area (TPSA) is 55.2 Å². The number of amides is 1. The number of hydrogen-bond donors (Lipinski definition) is 0. The van der Waals surface area contributed by atoms with Crippen molar-refractivity contribution in [3.05, 3.63) is 57.3 Å². The summed E-state index contributed by atoms with van der Waals surface area (Å²) in [6, 6.07) is 6.17. The van der Waals surface area contributed by atoms with Crippen molar-refractivity contribution in [3.8, 4) is 0 Å². The Morgan fingerprint density at radius 1 is 1.23 bits per heavy atom. The molecular weight excluding hydrogens is 401 g/mol. The van der Waals surface area contributed by atoms with Gasteiger partial charge >= 0.3 is 0 Å². The molecule has 3 rings (SSSR count). The van der Waals surface area contributed by atoms with Crippen molar-refractivity contribution >= 4 is 17.7 Å². The Morgan fingerprint density at radius 3 is 2.53 bits per heavy atom. The normalized spacial score (nSPS) is 14.9. The zero-order valence-corrected chi connectivity index (χ0v) is 18.8. The lowest BCUT2D eigenvalue weighted by Crippen LogP contribution is -2.36. The summed E-state index contributed by atoms with van der Waals surface area (Å²) in [6.07, 6.45) is 5.29. The molecule has 0 N–H and O–H groups in total. The standard InChI is InChI=1S/C23H30FN3O2S/c1-4-5-8-20(22(29)27-13-6-7-14-27)30-23-25-16(2)19(21(28)26(23)3)15-17-9-11-18(24)12-10-17/h9-12,20H,4-8,13-15H2,1-3H3. The van der Waals surface area contributed by atoms with E-state index in [1.54, 1.807) is 23.7 Å². The number of likely N-dealkylation sites (tertiary alicyclic amines) is 1. The molecule has 0 saturated carbocycles. The molecule has 2 heterocycles. The number of benzene rings is 1. The van der Waals surface area contributed by atoms with Gasteiger partial charge in [0.1, 0.15) is 5.82 Å². The fourth-order valence-corrected chi connectivity index (χ4v) is 4.96. The largest absolute Gasteiger partial charge is 0.342 e. The van der Waals surface area contributed by atoms with Gasteiger partial charge in [0.15, 0.2) is 5.16 Å². The molecule has 0 aliphatic carbocycles. The first-order valence-corrected chi connectivity index (χ1v) is 11.5. The second kappa shape index (κ2) is 10.2. The summed E-state index contributed by atoms with van der Waals surface area (Å²) in [6.45, 7) is 5.59. The zero-order chi connectivity index (χ0) is 21.7. The van der Waals surface area contributed by atoms with E-state index in [1.165, 1.54) is 23.9 Å². The number of rotatable bonds is 8. The van der Waals surface area contributed by atoms with E-state index in [1.807, 2.05) is 11.8 Å². The van der Waals surface area contributed by atoms with Gasteiger partial charge in [-0.05, 0) is 43.9 Å². The van der Waals surface area contributed by atoms with Crippen LogP contribution in [-0.4, -0.2) is 38.7 Å². The third-order valence-corrected chi connectivity index (χ3v) is 6.90. The van der Waals surface area contributed by atoms with Gasteiger partial charge in [0.2, 0.25) is 5.91 Å². The highest BCUT2D eigenvalue weighted by Crippen LogP contribution is 2.28. The third-order valence-electron chi connectivity index (χ3n) is 5.60. The molecule has 1 fully saturated rings. The highest BCUT2D eigenvalue weighted by Gasteiger charge is 2.28. The molecule has 1 atom stereocenters. The van der Waals surface area contributed by atoms with Gasteiger partial charge in [-0.25, -0.2) is 9.37 Å². The maximum absolute atomic E-state index is 13.2. The lowest BCUT2D eigenvalue weighted by atomic mass is 10.1. The van der Waals surface area contributed by atoms with Crippen LogP contribution in [0.25, 0.3) is 0 Å². The van der Waals surface area contributed by atoms with Crippen LogP contribution in [0.5, 0.6) is 0 Å². The van der Waals surface area contributed by atoms with E-state index >= 15 is 0 Å². The minimum Gasteiger partial charge on any atom is -0.342 e. The second-order valence-corrected chi connectivity index (χ2v) is 9.08. The summed E-state index contributed by atoms with van der Waals surface area (Å²) in [4.78, 5) is 32.7. The van der Waals surface area contributed by atoms with E-state index in [4.69, 9.17) is 0 Å². The highest BCUT2D eigenvalue weighted by atomic mass is 32.2. The van der Waals surface area contributed by atoms with Crippen LogP contribution < -0.4 is 5.56 Å². The molecule has 162 valence electrons. The Balaban J connectivity index is 1.84. The van der Waals surface area contributed by atoms with Gasteiger partial charge in [-0.3, -0.25) is 14.2 Å². The number of aromatic nitrogens is 2. The Kier molecular flexibility index (Phi) is 7.69. The summed E-state index contributed by atoms with van der Waals surface area (Å²) >= 11 is 1.41. The van der Waals surface area contributed by atoms with E-state index in [-0.39, 0.29) is 22.5 Å². The Hall–Kier alpha value is -2.15. The van der Waals surface area contributed by atoms with Crippen LogP contribution in [0.1, 0.15) is 55.8 Å². The third kappa shape index (κ3) is 5.31. The number of nitrogens with zero attached hydrogens (tertiary/aromatic N) is 3. The monoisotopic (exact) mass is 431 g/mol. The number of thioether (sulfide) groups is 1. The summed E-state index contributed by atoms with van der Waals surface area (Å²) in [7, 11) is 1.71. The Labute approximate surface area is 181 Å². The van der Waals surface area contributed by atoms with Crippen molar-refractivity contribution < 1.29 is 9.18 Å². The zero-order valence-electron chi connectivity index (χ0n) is 18.0. The van der Waals surface area contributed by atoms with Gasteiger partial charge in [0.25, 0.3) is 5.56 Å². The first kappa shape index (κ1) is 22.5. The van der Waals surface area contributed by atoms with Crippen molar-refractivity contribution in [2.24, 2.45) is 7.05 Å². The molecule has 1 aromatic carbocycles. The predicted octanol–water partition coefficient (Wildman–Crippen LogP) is 4.09. The summed E-state index contributed by atoms with van der Waals surface area (Å²) in [5.74, 6) is -0.137. The van der Waals surface area contributed by atoms with Gasteiger partial charge in [-0.1, -0.05) is 43.7 Å². The fourth-order valence-electron chi connectivity index (χ4n) is 3.74. The van der Waals surface area contributed by atoms with Crippen LogP contribution in [0, 0.1) is 12.7 Å². The van der Waals surface area contributed by atoms with E-state index < -0.39 is 0 Å². The van der Waals surface area contributed by atoms with Crippen LogP contribution >= 0.6 is 11.8 Å². The van der Waals surface area contributed by atoms with Gasteiger partial charge in [0.05, 0.1) is 5.25 Å². The van der Waals surface area contributed by atoms with Gasteiger partial charge in [-0.15, -0.1) is 0 Å². The smallest absolute Gasteiger partial charge is 0.257 e. The predicted molar refractivity (Wildman–Crippen MR) is 118 cm³/mol. The molecule has 1 aliphatic heterocycles. The van der Waals surface area contributed by atoms with Crippen molar-refractivity contribution in [2.45, 2.75) is 62.8 Å². The first-order chi connectivity index (χ1) is 14.4. The summed E-state index contributed by atoms with van der Waals surface area (Å²) < 4.78 is 14.7. The van der Waals surface area contributed by atoms with Crippen LogP contribution in [-0.2, 0) is 18.3 Å². The van der Waals surface area contributed by atoms with Gasteiger partial charge in [0, 0.05) is 37.8 Å². The number of carbonyl (C=O) groups is 1. The van der Waals surface area contributed by atoms with E-state index in [9.17, 15) is 14.0 Å². The molecule has 7 heteroatoms. The highest BCUT2D eigenvalue weighted by molar-refractivity contribution is 8.00. The van der Waals surface area contributed by atoms with E-state index in [0.717, 1.165) is 50.8 Å². The van der Waals surface area contributed by atoms with Crippen LogP contribution in [0.3, 0.4) is 0 Å². The molecule has 1 unspecified atom stereocenters. The number of halogens is 1. The molecule has 30 heavy (non-hydrogen) atoms. The lowest BCUT2D eigenvalue weighted by Gasteiger charge is -2.23. The summed E-state index contributed by atoms with van der Waals surface area (Å²) in [5, 5.41) is 0.359. The van der Waals surface area contributed by atoms with Crippen molar-refractivity contribution in [2.75, 3.05) is 13.1 Å². The van der Waals surface area contributed by atoms with Crippen LogP contribution in [0.4, 0.5) is 4.39 Å². The minimum absolute atomic E-state index is 0.114. The molecule has 1 aromatic heterocycles. The van der Waals surface area contributed by atoms with E-state index in [0.29, 0.717) is 22.8 Å². The van der Waals surface area contributed by atoms with Gasteiger partial charge < -0.3 is 4.90 Å². The molecular formula is C23H30FN3O2S. The molecule has 2 aromatic rings. The number of carbonyl (C=O) groups excluding carboxylic acids is 1.